The highest BCUT2D eigenvalue weighted by atomic mass is 16.5. The molecule has 2 heterocycles. The van der Waals surface area contributed by atoms with Crippen molar-refractivity contribution in [3.05, 3.63) is 30.1 Å². The minimum absolute atomic E-state index is 0.0256. The zero-order valence-corrected chi connectivity index (χ0v) is 11.7. The Kier molecular flexibility index (Phi) is 5.09. The molecule has 108 valence electrons. The molecule has 0 N–H and O–H groups in total. The first kappa shape index (κ1) is 14.5. The number of esters is 1. The first-order valence-electron chi connectivity index (χ1n) is 7.05. The summed E-state index contributed by atoms with van der Waals surface area (Å²) in [6.45, 7) is 3.36. The molecule has 0 spiro atoms. The highest BCUT2D eigenvalue weighted by molar-refractivity contribution is 5.80. The van der Waals surface area contributed by atoms with E-state index in [1.54, 1.807) is 18.0 Å². The Bertz CT molecular complexity index is 461. The topological polar surface area (TPSA) is 59.5 Å². The lowest BCUT2D eigenvalue weighted by Crippen LogP contribution is -2.43. The summed E-state index contributed by atoms with van der Waals surface area (Å²) in [5, 5.41) is 0. The van der Waals surface area contributed by atoms with Gasteiger partial charge in [0, 0.05) is 25.0 Å². The van der Waals surface area contributed by atoms with Gasteiger partial charge < -0.3 is 9.64 Å². The van der Waals surface area contributed by atoms with Gasteiger partial charge in [-0.2, -0.15) is 0 Å². The van der Waals surface area contributed by atoms with Crippen molar-refractivity contribution in [2.75, 3.05) is 19.7 Å². The van der Waals surface area contributed by atoms with Gasteiger partial charge in [0.15, 0.2) is 0 Å². The molecule has 0 aromatic carbocycles. The van der Waals surface area contributed by atoms with Crippen LogP contribution >= 0.6 is 0 Å². The van der Waals surface area contributed by atoms with Crippen LogP contribution in [0.25, 0.3) is 0 Å². The number of pyridine rings is 1. The Morgan fingerprint density at radius 2 is 2.30 bits per heavy atom. The molecule has 1 aromatic heterocycles. The molecule has 1 aliphatic rings. The SMILES string of the molecule is CCOC(=O)C1CCCN(C(=O)Cc2ccccn2)C1. The second-order valence-electron chi connectivity index (χ2n) is 4.93. The number of carbonyl (C=O) groups excluding carboxylic acids is 2. The summed E-state index contributed by atoms with van der Waals surface area (Å²) in [5.41, 5.74) is 0.760. The lowest BCUT2D eigenvalue weighted by atomic mass is 9.98. The Morgan fingerprint density at radius 3 is 3.00 bits per heavy atom. The second-order valence-corrected chi connectivity index (χ2v) is 4.93. The van der Waals surface area contributed by atoms with Gasteiger partial charge in [0.05, 0.1) is 18.9 Å². The fourth-order valence-electron chi connectivity index (χ4n) is 2.43. The maximum Gasteiger partial charge on any atom is 0.310 e. The monoisotopic (exact) mass is 276 g/mol. The van der Waals surface area contributed by atoms with E-state index in [0.29, 0.717) is 19.7 Å². The van der Waals surface area contributed by atoms with E-state index in [0.717, 1.165) is 18.5 Å². The lowest BCUT2D eigenvalue weighted by Gasteiger charge is -2.31. The molecule has 5 nitrogen and oxygen atoms in total. The Balaban J connectivity index is 1.91. The summed E-state index contributed by atoms with van der Waals surface area (Å²) in [5.74, 6) is -0.350. The van der Waals surface area contributed by atoms with Crippen molar-refractivity contribution in [3.8, 4) is 0 Å². The van der Waals surface area contributed by atoms with Crippen molar-refractivity contribution in [1.82, 2.24) is 9.88 Å². The molecule has 1 unspecified atom stereocenters. The predicted octanol–water partition coefficient (Wildman–Crippen LogP) is 1.43. The van der Waals surface area contributed by atoms with E-state index in [9.17, 15) is 9.59 Å². The molecule has 0 bridgehead atoms. The zero-order valence-electron chi connectivity index (χ0n) is 11.7. The normalized spacial score (nSPS) is 18.6. The van der Waals surface area contributed by atoms with E-state index in [-0.39, 0.29) is 24.2 Å². The fourth-order valence-corrected chi connectivity index (χ4v) is 2.43. The summed E-state index contributed by atoms with van der Waals surface area (Å²) < 4.78 is 5.04. The minimum atomic E-state index is -0.192. The van der Waals surface area contributed by atoms with Crippen molar-refractivity contribution >= 4 is 11.9 Å². The maximum atomic E-state index is 12.2. The van der Waals surface area contributed by atoms with E-state index in [1.807, 2.05) is 18.2 Å². The van der Waals surface area contributed by atoms with Crippen molar-refractivity contribution in [2.24, 2.45) is 5.92 Å². The number of hydrogen-bond acceptors (Lipinski definition) is 4. The average molecular weight is 276 g/mol. The first-order valence-corrected chi connectivity index (χ1v) is 7.05. The number of rotatable bonds is 4. The largest absolute Gasteiger partial charge is 0.466 e. The molecule has 1 aliphatic heterocycles. The highest BCUT2D eigenvalue weighted by Gasteiger charge is 2.29. The number of carbonyl (C=O) groups is 2. The van der Waals surface area contributed by atoms with E-state index >= 15 is 0 Å². The van der Waals surface area contributed by atoms with Gasteiger partial charge in [-0.25, -0.2) is 0 Å². The quantitative estimate of drug-likeness (QED) is 0.780. The first-order chi connectivity index (χ1) is 9.70. The van der Waals surface area contributed by atoms with E-state index in [1.165, 1.54) is 0 Å². The van der Waals surface area contributed by atoms with Gasteiger partial charge in [0.25, 0.3) is 0 Å². The Labute approximate surface area is 118 Å². The summed E-state index contributed by atoms with van der Waals surface area (Å²) in [6, 6.07) is 5.53. The number of piperidine rings is 1. The molecule has 1 fully saturated rings. The maximum absolute atomic E-state index is 12.2. The number of amides is 1. The van der Waals surface area contributed by atoms with Crippen LogP contribution in [0.15, 0.2) is 24.4 Å². The van der Waals surface area contributed by atoms with Gasteiger partial charge in [0.2, 0.25) is 5.91 Å². The number of likely N-dealkylation sites (tertiary alicyclic amines) is 1. The third kappa shape index (κ3) is 3.79. The average Bonchev–Trinajstić information content (AvgIpc) is 2.48. The zero-order chi connectivity index (χ0) is 14.4. The van der Waals surface area contributed by atoms with Crippen LogP contribution in [0.2, 0.25) is 0 Å². The van der Waals surface area contributed by atoms with Gasteiger partial charge in [-0.3, -0.25) is 14.6 Å². The number of ether oxygens (including phenoxy) is 1. The molecular formula is C15H20N2O3. The van der Waals surface area contributed by atoms with Gasteiger partial charge in [0.1, 0.15) is 0 Å². The minimum Gasteiger partial charge on any atom is -0.466 e. The van der Waals surface area contributed by atoms with Gasteiger partial charge in [-0.05, 0) is 31.9 Å². The molecule has 0 saturated carbocycles. The van der Waals surface area contributed by atoms with Crippen LogP contribution in [0.5, 0.6) is 0 Å². The molecule has 2 rings (SSSR count). The Hall–Kier alpha value is -1.91. The van der Waals surface area contributed by atoms with E-state index in [4.69, 9.17) is 4.74 Å². The lowest BCUT2D eigenvalue weighted by molar-refractivity contribution is -0.151. The molecule has 20 heavy (non-hydrogen) atoms. The van der Waals surface area contributed by atoms with Crippen LogP contribution in [0.3, 0.4) is 0 Å². The third-order valence-corrected chi connectivity index (χ3v) is 3.45. The molecule has 5 heteroatoms. The van der Waals surface area contributed by atoms with Gasteiger partial charge in [-0.15, -0.1) is 0 Å². The van der Waals surface area contributed by atoms with Gasteiger partial charge >= 0.3 is 5.97 Å². The number of aromatic nitrogens is 1. The van der Waals surface area contributed by atoms with E-state index in [2.05, 4.69) is 4.98 Å². The summed E-state index contributed by atoms with van der Waals surface area (Å²) in [7, 11) is 0. The van der Waals surface area contributed by atoms with Crippen LogP contribution in [-0.2, 0) is 20.7 Å². The second kappa shape index (κ2) is 7.03. The standard InChI is InChI=1S/C15H20N2O3/c1-2-20-15(19)12-6-5-9-17(11-12)14(18)10-13-7-3-4-8-16-13/h3-4,7-8,12H,2,5-6,9-11H2,1H3. The predicted molar refractivity (Wildman–Crippen MR) is 73.9 cm³/mol. The van der Waals surface area contributed by atoms with Crippen LogP contribution in [0, 0.1) is 5.92 Å². The fraction of sp³-hybridized carbons (Fsp3) is 0.533. The van der Waals surface area contributed by atoms with Crippen molar-refractivity contribution < 1.29 is 14.3 Å². The van der Waals surface area contributed by atoms with Crippen LogP contribution in [-0.4, -0.2) is 41.5 Å². The van der Waals surface area contributed by atoms with Crippen molar-refractivity contribution in [2.45, 2.75) is 26.2 Å². The third-order valence-electron chi connectivity index (χ3n) is 3.45. The summed E-state index contributed by atoms with van der Waals surface area (Å²) >= 11 is 0. The van der Waals surface area contributed by atoms with Crippen LogP contribution < -0.4 is 0 Å². The molecule has 1 amide bonds. The van der Waals surface area contributed by atoms with Crippen molar-refractivity contribution in [3.63, 3.8) is 0 Å². The number of hydrogen-bond donors (Lipinski definition) is 0. The smallest absolute Gasteiger partial charge is 0.310 e. The van der Waals surface area contributed by atoms with Gasteiger partial charge in [-0.1, -0.05) is 6.07 Å². The molecule has 1 aromatic rings. The molecule has 1 saturated heterocycles. The summed E-state index contributed by atoms with van der Waals surface area (Å²) in [6.07, 6.45) is 3.61. The van der Waals surface area contributed by atoms with Crippen LogP contribution in [0.1, 0.15) is 25.5 Å². The number of nitrogens with zero attached hydrogens (tertiary/aromatic N) is 2. The summed E-state index contributed by atoms with van der Waals surface area (Å²) in [4.78, 5) is 29.9. The van der Waals surface area contributed by atoms with Crippen molar-refractivity contribution in [1.29, 1.82) is 0 Å². The molecule has 0 aliphatic carbocycles. The molecule has 0 radical (unpaired) electrons. The Morgan fingerprint density at radius 1 is 1.45 bits per heavy atom. The molecular weight excluding hydrogens is 256 g/mol. The highest BCUT2D eigenvalue weighted by Crippen LogP contribution is 2.18. The van der Waals surface area contributed by atoms with Crippen LogP contribution in [0.4, 0.5) is 0 Å². The molecule has 1 atom stereocenters. The van der Waals surface area contributed by atoms with E-state index < -0.39 is 0 Å².